The van der Waals surface area contributed by atoms with Gasteiger partial charge in [-0.3, -0.25) is 4.79 Å². The molecule has 0 aromatic heterocycles. The molecular weight excluding hydrogens is 284 g/mol. The normalized spacial score (nSPS) is 11.8. The fourth-order valence-corrected chi connectivity index (χ4v) is 2.21. The SMILES string of the molecule is CC[C@H](Nc1cc(Cl)ccc1C)C(=O)Nc1ccccc1. The highest BCUT2D eigenvalue weighted by atomic mass is 35.5. The van der Waals surface area contributed by atoms with E-state index < -0.39 is 0 Å². The van der Waals surface area contributed by atoms with E-state index in [1.54, 1.807) is 0 Å². The summed E-state index contributed by atoms with van der Waals surface area (Å²) in [6.07, 6.45) is 0.685. The van der Waals surface area contributed by atoms with Crippen molar-refractivity contribution in [2.24, 2.45) is 0 Å². The molecule has 2 aromatic carbocycles. The van der Waals surface area contributed by atoms with Crippen molar-refractivity contribution < 1.29 is 4.79 Å². The summed E-state index contributed by atoms with van der Waals surface area (Å²) in [5, 5.41) is 6.83. The van der Waals surface area contributed by atoms with Gasteiger partial charge in [0.05, 0.1) is 0 Å². The first-order chi connectivity index (χ1) is 10.1. The molecule has 0 bridgehead atoms. The van der Waals surface area contributed by atoms with Gasteiger partial charge in [0, 0.05) is 16.4 Å². The molecule has 0 saturated heterocycles. The van der Waals surface area contributed by atoms with Crippen molar-refractivity contribution in [3.8, 4) is 0 Å². The highest BCUT2D eigenvalue weighted by Gasteiger charge is 2.17. The lowest BCUT2D eigenvalue weighted by atomic mass is 10.1. The third-order valence-corrected chi connectivity index (χ3v) is 3.53. The van der Waals surface area contributed by atoms with Crippen LogP contribution in [-0.2, 0) is 4.79 Å². The van der Waals surface area contributed by atoms with E-state index >= 15 is 0 Å². The second kappa shape index (κ2) is 7.14. The van der Waals surface area contributed by atoms with Gasteiger partial charge in [0.2, 0.25) is 5.91 Å². The average molecular weight is 303 g/mol. The largest absolute Gasteiger partial charge is 0.373 e. The maximum atomic E-state index is 12.3. The molecule has 0 saturated carbocycles. The summed E-state index contributed by atoms with van der Waals surface area (Å²) in [6.45, 7) is 3.96. The standard InChI is InChI=1S/C17H19ClN2O/c1-3-15(17(21)19-14-7-5-4-6-8-14)20-16-11-13(18)10-9-12(16)2/h4-11,15,20H,3H2,1-2H3,(H,19,21)/t15-/m0/s1. The number of aryl methyl sites for hydroxylation is 1. The highest BCUT2D eigenvalue weighted by Crippen LogP contribution is 2.21. The Labute approximate surface area is 130 Å². The van der Waals surface area contributed by atoms with Crippen LogP contribution >= 0.6 is 11.6 Å². The number of rotatable bonds is 5. The Hall–Kier alpha value is -2.00. The Balaban J connectivity index is 2.09. The van der Waals surface area contributed by atoms with Crippen molar-refractivity contribution in [2.45, 2.75) is 26.3 Å². The van der Waals surface area contributed by atoms with Gasteiger partial charge < -0.3 is 10.6 Å². The number of para-hydroxylation sites is 1. The van der Waals surface area contributed by atoms with E-state index in [0.29, 0.717) is 11.4 Å². The van der Waals surface area contributed by atoms with Crippen molar-refractivity contribution in [1.29, 1.82) is 0 Å². The van der Waals surface area contributed by atoms with Crippen LogP contribution in [0.25, 0.3) is 0 Å². The molecule has 0 aliphatic rings. The summed E-state index contributed by atoms with van der Waals surface area (Å²) < 4.78 is 0. The molecule has 110 valence electrons. The van der Waals surface area contributed by atoms with E-state index in [9.17, 15) is 4.79 Å². The van der Waals surface area contributed by atoms with Gasteiger partial charge >= 0.3 is 0 Å². The molecule has 0 heterocycles. The number of hydrogen-bond donors (Lipinski definition) is 2. The predicted molar refractivity (Wildman–Crippen MR) is 89.0 cm³/mol. The maximum absolute atomic E-state index is 12.3. The van der Waals surface area contributed by atoms with Crippen LogP contribution in [0, 0.1) is 6.92 Å². The zero-order valence-corrected chi connectivity index (χ0v) is 12.9. The van der Waals surface area contributed by atoms with Crippen molar-refractivity contribution in [2.75, 3.05) is 10.6 Å². The van der Waals surface area contributed by atoms with Crippen LogP contribution in [0.15, 0.2) is 48.5 Å². The van der Waals surface area contributed by atoms with Crippen molar-refractivity contribution in [3.63, 3.8) is 0 Å². The molecule has 3 nitrogen and oxygen atoms in total. The Morgan fingerprint density at radius 2 is 1.90 bits per heavy atom. The quantitative estimate of drug-likeness (QED) is 0.855. The number of halogens is 1. The number of carbonyl (C=O) groups excluding carboxylic acids is 1. The molecule has 0 aliphatic carbocycles. The van der Waals surface area contributed by atoms with Crippen LogP contribution in [0.1, 0.15) is 18.9 Å². The zero-order chi connectivity index (χ0) is 15.2. The minimum atomic E-state index is -0.303. The molecule has 2 aromatic rings. The molecule has 1 atom stereocenters. The topological polar surface area (TPSA) is 41.1 Å². The van der Waals surface area contributed by atoms with Gasteiger partial charge in [-0.05, 0) is 43.2 Å². The van der Waals surface area contributed by atoms with E-state index in [-0.39, 0.29) is 11.9 Å². The Bertz CT molecular complexity index is 613. The molecule has 2 rings (SSSR count). The van der Waals surface area contributed by atoms with E-state index in [2.05, 4.69) is 10.6 Å². The fraction of sp³-hybridized carbons (Fsp3) is 0.235. The van der Waals surface area contributed by atoms with Crippen LogP contribution in [-0.4, -0.2) is 11.9 Å². The maximum Gasteiger partial charge on any atom is 0.246 e. The lowest BCUT2D eigenvalue weighted by Crippen LogP contribution is -2.34. The van der Waals surface area contributed by atoms with Gasteiger partial charge in [-0.2, -0.15) is 0 Å². The monoisotopic (exact) mass is 302 g/mol. The smallest absolute Gasteiger partial charge is 0.246 e. The summed E-state index contributed by atoms with van der Waals surface area (Å²) in [4.78, 5) is 12.3. The molecule has 0 radical (unpaired) electrons. The first-order valence-corrected chi connectivity index (χ1v) is 7.36. The third kappa shape index (κ3) is 4.23. The Morgan fingerprint density at radius 1 is 1.19 bits per heavy atom. The van der Waals surface area contributed by atoms with Gasteiger partial charge in [0.15, 0.2) is 0 Å². The fourth-order valence-electron chi connectivity index (χ4n) is 2.04. The number of nitrogens with one attached hydrogen (secondary N) is 2. The highest BCUT2D eigenvalue weighted by molar-refractivity contribution is 6.30. The second-order valence-corrected chi connectivity index (χ2v) is 5.36. The molecule has 4 heteroatoms. The lowest BCUT2D eigenvalue weighted by Gasteiger charge is -2.19. The molecular formula is C17H19ClN2O. The zero-order valence-electron chi connectivity index (χ0n) is 12.2. The number of anilines is 2. The summed E-state index contributed by atoms with van der Waals surface area (Å²) in [5.41, 5.74) is 2.74. The molecule has 0 unspecified atom stereocenters. The number of amides is 1. The Kier molecular flexibility index (Phi) is 5.23. The predicted octanol–water partition coefficient (Wildman–Crippen LogP) is 4.48. The first kappa shape index (κ1) is 15.4. The van der Waals surface area contributed by atoms with Gasteiger partial charge in [-0.15, -0.1) is 0 Å². The van der Waals surface area contributed by atoms with Crippen LogP contribution in [0.5, 0.6) is 0 Å². The summed E-state index contributed by atoms with van der Waals surface area (Å²) in [6, 6.07) is 14.8. The average Bonchev–Trinajstić information content (AvgIpc) is 2.49. The van der Waals surface area contributed by atoms with Crippen molar-refractivity contribution in [1.82, 2.24) is 0 Å². The summed E-state index contributed by atoms with van der Waals surface area (Å²) in [5.74, 6) is -0.0527. The Morgan fingerprint density at radius 3 is 2.57 bits per heavy atom. The van der Waals surface area contributed by atoms with Crippen LogP contribution in [0.2, 0.25) is 5.02 Å². The number of benzene rings is 2. The summed E-state index contributed by atoms with van der Waals surface area (Å²) >= 11 is 6.01. The molecule has 0 fully saturated rings. The molecule has 2 N–H and O–H groups in total. The van der Waals surface area contributed by atoms with Gasteiger partial charge in [-0.1, -0.05) is 42.8 Å². The lowest BCUT2D eigenvalue weighted by molar-refractivity contribution is -0.116. The van der Waals surface area contributed by atoms with E-state index in [1.165, 1.54) is 0 Å². The van der Waals surface area contributed by atoms with E-state index in [4.69, 9.17) is 11.6 Å². The minimum Gasteiger partial charge on any atom is -0.373 e. The van der Waals surface area contributed by atoms with Crippen molar-refractivity contribution in [3.05, 3.63) is 59.1 Å². The van der Waals surface area contributed by atoms with E-state index in [0.717, 1.165) is 16.9 Å². The molecule has 1 amide bonds. The molecule has 0 spiro atoms. The first-order valence-electron chi connectivity index (χ1n) is 6.98. The molecule has 0 aliphatic heterocycles. The minimum absolute atomic E-state index is 0.0527. The number of hydrogen-bond acceptors (Lipinski definition) is 2. The molecule has 21 heavy (non-hydrogen) atoms. The number of carbonyl (C=O) groups is 1. The third-order valence-electron chi connectivity index (χ3n) is 3.30. The van der Waals surface area contributed by atoms with Crippen LogP contribution in [0.3, 0.4) is 0 Å². The van der Waals surface area contributed by atoms with Crippen LogP contribution in [0.4, 0.5) is 11.4 Å². The van der Waals surface area contributed by atoms with Crippen LogP contribution < -0.4 is 10.6 Å². The van der Waals surface area contributed by atoms with Gasteiger partial charge in [0.1, 0.15) is 6.04 Å². The van der Waals surface area contributed by atoms with Gasteiger partial charge in [0.25, 0.3) is 0 Å². The van der Waals surface area contributed by atoms with Crippen molar-refractivity contribution >= 4 is 28.9 Å². The second-order valence-electron chi connectivity index (χ2n) is 4.92. The summed E-state index contributed by atoms with van der Waals surface area (Å²) in [7, 11) is 0. The van der Waals surface area contributed by atoms with Gasteiger partial charge in [-0.25, -0.2) is 0 Å². The van der Waals surface area contributed by atoms with E-state index in [1.807, 2.05) is 62.4 Å².